The molecule has 0 aliphatic heterocycles. The number of hydrogen-bond acceptors (Lipinski definition) is 7. The summed E-state index contributed by atoms with van der Waals surface area (Å²) < 4.78 is 4.15. The molecule has 1 heterocycles. The summed E-state index contributed by atoms with van der Waals surface area (Å²) in [4.78, 5) is 12.2. The first kappa shape index (κ1) is 17.0. The molecule has 6 N–H and O–H groups in total. The number of nitriles is 1. The molecular weight excluding hydrogens is 310 g/mol. The van der Waals surface area contributed by atoms with Crippen molar-refractivity contribution in [2.45, 2.75) is 12.7 Å². The van der Waals surface area contributed by atoms with Crippen molar-refractivity contribution < 1.29 is 0 Å². The van der Waals surface area contributed by atoms with Crippen LogP contribution in [0.25, 0.3) is 0 Å². The fourth-order valence-corrected chi connectivity index (χ4v) is 2.55. The topological polar surface area (TPSA) is 150 Å². The Morgan fingerprint density at radius 1 is 1.52 bits per heavy atom. The van der Waals surface area contributed by atoms with Gasteiger partial charge in [0.15, 0.2) is 18.0 Å². The van der Waals surface area contributed by atoms with Crippen LogP contribution in [-0.4, -0.2) is 40.1 Å². The first-order chi connectivity index (χ1) is 10.2. The highest BCUT2D eigenvalue weighted by Gasteiger charge is 2.03. The number of aromatic nitrogens is 2. The van der Waals surface area contributed by atoms with Crippen molar-refractivity contribution in [3.05, 3.63) is 5.82 Å². The molecule has 114 valence electrons. The molecule has 0 bridgehead atoms. The zero-order valence-corrected chi connectivity index (χ0v) is 13.2. The molecular formula is C10H17N9S2. The highest BCUT2D eigenvalue weighted by molar-refractivity contribution is 7.98. The zero-order valence-electron chi connectivity index (χ0n) is 11.5. The summed E-state index contributed by atoms with van der Waals surface area (Å²) in [5.74, 6) is 2.60. The van der Waals surface area contributed by atoms with E-state index in [1.54, 1.807) is 11.8 Å². The van der Waals surface area contributed by atoms with Gasteiger partial charge in [-0.25, -0.2) is 4.98 Å². The second-order valence-electron chi connectivity index (χ2n) is 3.58. The molecule has 0 aromatic carbocycles. The maximum absolute atomic E-state index is 8.55. The number of nitrogens with zero attached hydrogens (tertiary/aromatic N) is 5. The van der Waals surface area contributed by atoms with Crippen LogP contribution in [0.3, 0.4) is 0 Å². The molecule has 1 aromatic heterocycles. The molecule has 0 atom stereocenters. The van der Waals surface area contributed by atoms with Crippen molar-refractivity contribution in [2.24, 2.45) is 21.5 Å². The van der Waals surface area contributed by atoms with Crippen LogP contribution < -0.4 is 22.1 Å². The van der Waals surface area contributed by atoms with Gasteiger partial charge in [-0.05, 0) is 6.92 Å². The van der Waals surface area contributed by atoms with E-state index in [0.29, 0.717) is 35.8 Å². The van der Waals surface area contributed by atoms with Crippen molar-refractivity contribution in [2.75, 3.05) is 18.8 Å². The van der Waals surface area contributed by atoms with E-state index in [1.807, 2.05) is 13.1 Å². The van der Waals surface area contributed by atoms with E-state index in [9.17, 15) is 0 Å². The SMILES string of the molecule is CCNC(=NCCSCc1nsc(N=C(N)N)n1)NC#N. The summed E-state index contributed by atoms with van der Waals surface area (Å²) in [5, 5.41) is 14.5. The van der Waals surface area contributed by atoms with Gasteiger partial charge in [0, 0.05) is 23.8 Å². The monoisotopic (exact) mass is 327 g/mol. The number of hydrogen-bond donors (Lipinski definition) is 4. The summed E-state index contributed by atoms with van der Waals surface area (Å²) in [5.41, 5.74) is 10.5. The third-order valence-corrected chi connectivity index (χ3v) is 3.52. The van der Waals surface area contributed by atoms with Gasteiger partial charge in [0.05, 0.1) is 12.3 Å². The van der Waals surface area contributed by atoms with Crippen molar-refractivity contribution in [1.29, 1.82) is 5.26 Å². The normalized spacial score (nSPS) is 10.8. The lowest BCUT2D eigenvalue weighted by Crippen LogP contribution is -2.34. The molecule has 11 heteroatoms. The van der Waals surface area contributed by atoms with Gasteiger partial charge in [0.1, 0.15) is 0 Å². The van der Waals surface area contributed by atoms with Crippen molar-refractivity contribution in [1.82, 2.24) is 20.0 Å². The Morgan fingerprint density at radius 2 is 2.33 bits per heavy atom. The maximum Gasteiger partial charge on any atom is 0.232 e. The van der Waals surface area contributed by atoms with Crippen LogP contribution in [0.1, 0.15) is 12.7 Å². The molecule has 0 unspecified atom stereocenters. The van der Waals surface area contributed by atoms with Gasteiger partial charge in [-0.2, -0.15) is 26.4 Å². The zero-order chi connectivity index (χ0) is 15.5. The molecule has 0 saturated carbocycles. The lowest BCUT2D eigenvalue weighted by Gasteiger charge is -2.04. The minimum Gasteiger partial charge on any atom is -0.370 e. The van der Waals surface area contributed by atoms with Crippen molar-refractivity contribution >= 4 is 40.3 Å². The number of guanidine groups is 2. The van der Waals surface area contributed by atoms with Crippen molar-refractivity contribution in [3.63, 3.8) is 0 Å². The predicted molar refractivity (Wildman–Crippen MR) is 86.3 cm³/mol. The number of nitrogens with one attached hydrogen (secondary N) is 2. The molecule has 1 rings (SSSR count). The largest absolute Gasteiger partial charge is 0.370 e. The molecule has 0 aliphatic rings. The third kappa shape index (κ3) is 7.33. The van der Waals surface area contributed by atoms with Gasteiger partial charge >= 0.3 is 0 Å². The molecule has 9 nitrogen and oxygen atoms in total. The molecule has 0 amide bonds. The highest BCUT2D eigenvalue weighted by atomic mass is 32.2. The second kappa shape index (κ2) is 9.78. The van der Waals surface area contributed by atoms with Gasteiger partial charge in [-0.1, -0.05) is 0 Å². The summed E-state index contributed by atoms with van der Waals surface area (Å²) >= 11 is 2.80. The van der Waals surface area contributed by atoms with Gasteiger partial charge in [0.25, 0.3) is 0 Å². The van der Waals surface area contributed by atoms with E-state index in [1.165, 1.54) is 0 Å². The lowest BCUT2D eigenvalue weighted by molar-refractivity contribution is 0.910. The molecule has 0 saturated heterocycles. The first-order valence-corrected chi connectivity index (χ1v) is 8.02. The number of nitrogens with two attached hydrogens (primary N) is 2. The van der Waals surface area contributed by atoms with E-state index in [4.69, 9.17) is 16.7 Å². The summed E-state index contributed by atoms with van der Waals surface area (Å²) in [6.07, 6.45) is 1.84. The third-order valence-electron chi connectivity index (χ3n) is 1.94. The van der Waals surface area contributed by atoms with E-state index < -0.39 is 0 Å². The summed E-state index contributed by atoms with van der Waals surface area (Å²) in [6, 6.07) is 0. The fourth-order valence-electron chi connectivity index (χ4n) is 1.20. The quantitative estimate of drug-likeness (QED) is 0.175. The molecule has 0 fully saturated rings. The Kier molecular flexibility index (Phi) is 7.92. The van der Waals surface area contributed by atoms with E-state index in [-0.39, 0.29) is 5.96 Å². The van der Waals surface area contributed by atoms with Crippen LogP contribution in [0.15, 0.2) is 9.98 Å². The first-order valence-electron chi connectivity index (χ1n) is 6.09. The number of thioether (sulfide) groups is 1. The van der Waals surface area contributed by atoms with Crippen LogP contribution >= 0.6 is 23.3 Å². The smallest absolute Gasteiger partial charge is 0.232 e. The molecule has 0 radical (unpaired) electrons. The Bertz CT molecular complexity index is 527. The lowest BCUT2D eigenvalue weighted by atomic mass is 10.7. The average molecular weight is 327 g/mol. The summed E-state index contributed by atoms with van der Waals surface area (Å²) in [6.45, 7) is 3.23. The van der Waals surface area contributed by atoms with Crippen LogP contribution in [0.2, 0.25) is 0 Å². The second-order valence-corrected chi connectivity index (χ2v) is 5.42. The number of rotatable bonds is 7. The van der Waals surface area contributed by atoms with Crippen molar-refractivity contribution in [3.8, 4) is 6.19 Å². The van der Waals surface area contributed by atoms with Crippen LogP contribution in [0, 0.1) is 11.5 Å². The number of aliphatic imine (C=N–C) groups is 2. The van der Waals surface area contributed by atoms with Crippen LogP contribution in [0.5, 0.6) is 0 Å². The van der Waals surface area contributed by atoms with Crippen LogP contribution in [0.4, 0.5) is 5.13 Å². The molecule has 0 aliphatic carbocycles. The minimum absolute atomic E-state index is 0.0272. The maximum atomic E-state index is 8.55. The minimum atomic E-state index is -0.0272. The standard InChI is InChI=1S/C10H17N9S2/c1-2-14-9(16-6-11)15-3-4-20-5-7-17-10(21-19-7)18-8(12)13/h2-5H2,1H3,(H2,14,15,16)(H4,12,13,17,18,19). The Balaban J connectivity index is 2.30. The van der Waals surface area contributed by atoms with Gasteiger partial charge in [0.2, 0.25) is 11.1 Å². The highest BCUT2D eigenvalue weighted by Crippen LogP contribution is 2.17. The Morgan fingerprint density at radius 3 is 3.00 bits per heavy atom. The Hall–Kier alpha value is -2.06. The Labute approximate surface area is 131 Å². The van der Waals surface area contributed by atoms with Gasteiger partial charge < -0.3 is 16.8 Å². The molecule has 1 aromatic rings. The van der Waals surface area contributed by atoms with Crippen LogP contribution in [-0.2, 0) is 5.75 Å². The predicted octanol–water partition coefficient (Wildman–Crippen LogP) is -0.288. The van der Waals surface area contributed by atoms with E-state index in [2.05, 4.69) is 30.0 Å². The van der Waals surface area contributed by atoms with E-state index >= 15 is 0 Å². The van der Waals surface area contributed by atoms with Gasteiger partial charge in [-0.15, -0.1) is 0 Å². The average Bonchev–Trinajstić information content (AvgIpc) is 2.85. The van der Waals surface area contributed by atoms with E-state index in [0.717, 1.165) is 17.3 Å². The van der Waals surface area contributed by atoms with Gasteiger partial charge in [-0.3, -0.25) is 10.3 Å². The molecule has 21 heavy (non-hydrogen) atoms. The fraction of sp³-hybridized carbons (Fsp3) is 0.500. The summed E-state index contributed by atoms with van der Waals surface area (Å²) in [7, 11) is 0. The molecule has 0 spiro atoms.